The molecule has 0 radical (unpaired) electrons. The lowest BCUT2D eigenvalue weighted by atomic mass is 10.2. The molecule has 0 fully saturated rings. The molecule has 0 bridgehead atoms. The number of ether oxygens (including phenoxy) is 1. The fraction of sp³-hybridized carbons (Fsp3) is 0.222. The number of fused-ring (bicyclic) bond motifs is 3. The summed E-state index contributed by atoms with van der Waals surface area (Å²) >= 11 is 1.49. The van der Waals surface area contributed by atoms with Crippen LogP contribution in [0.2, 0.25) is 0 Å². The van der Waals surface area contributed by atoms with Crippen LogP contribution in [0.5, 0.6) is 5.75 Å². The zero-order valence-corrected chi connectivity index (χ0v) is 16.7. The largest absolute Gasteiger partial charge is 0.495 e. The van der Waals surface area contributed by atoms with E-state index in [9.17, 15) is 8.42 Å². The number of aryl methyl sites for hydroxylation is 1. The molecule has 0 aliphatic rings. The molecule has 2 aromatic heterocycles. The van der Waals surface area contributed by atoms with Gasteiger partial charge < -0.3 is 10.1 Å². The van der Waals surface area contributed by atoms with Gasteiger partial charge in [-0.25, -0.2) is 13.4 Å². The predicted octanol–water partition coefficient (Wildman–Crippen LogP) is 3.82. The Hall–Kier alpha value is -2.65. The highest BCUT2D eigenvalue weighted by Gasteiger charge is 2.15. The molecule has 0 amide bonds. The number of nitrogens with one attached hydrogen (secondary N) is 1. The van der Waals surface area contributed by atoms with Crippen LogP contribution in [0, 0.1) is 0 Å². The Balaban J connectivity index is 1.79. The van der Waals surface area contributed by atoms with Crippen molar-refractivity contribution >= 4 is 53.1 Å². The molecule has 0 aliphatic carbocycles. The van der Waals surface area contributed by atoms with Crippen LogP contribution in [-0.4, -0.2) is 36.5 Å². The molecule has 27 heavy (non-hydrogen) atoms. The standard InChI is InChI=1S/C18H18N4O3S2/c1-4-22-10-12-13(21-22)6-8-16-17(12)20-18(26-16)19-14-9-11(27(3,23)24)5-7-15(14)25-2/h5-10H,4H2,1-3H3,(H,19,20). The van der Waals surface area contributed by atoms with Crippen molar-refractivity contribution in [3.05, 3.63) is 36.5 Å². The van der Waals surface area contributed by atoms with Crippen LogP contribution in [0.4, 0.5) is 10.8 Å². The lowest BCUT2D eigenvalue weighted by Crippen LogP contribution is -2.00. The summed E-state index contributed by atoms with van der Waals surface area (Å²) in [6.45, 7) is 2.83. The summed E-state index contributed by atoms with van der Waals surface area (Å²) in [6.07, 6.45) is 3.17. The molecular formula is C18H18N4O3S2. The number of anilines is 2. The van der Waals surface area contributed by atoms with Gasteiger partial charge in [0.2, 0.25) is 0 Å². The van der Waals surface area contributed by atoms with Gasteiger partial charge in [0.15, 0.2) is 15.0 Å². The number of rotatable bonds is 5. The molecule has 0 atom stereocenters. The fourth-order valence-corrected chi connectivity index (χ4v) is 4.42. The third-order valence-corrected chi connectivity index (χ3v) is 6.30. The Morgan fingerprint density at radius 1 is 1.26 bits per heavy atom. The number of hydrogen-bond donors (Lipinski definition) is 1. The number of sulfone groups is 1. The van der Waals surface area contributed by atoms with Crippen LogP contribution in [0.15, 0.2) is 41.4 Å². The second-order valence-corrected chi connectivity index (χ2v) is 9.15. The minimum atomic E-state index is -3.32. The topological polar surface area (TPSA) is 86.1 Å². The van der Waals surface area contributed by atoms with E-state index in [2.05, 4.69) is 10.4 Å². The first kappa shape index (κ1) is 17.7. The van der Waals surface area contributed by atoms with Gasteiger partial charge in [0.25, 0.3) is 0 Å². The summed E-state index contributed by atoms with van der Waals surface area (Å²) in [5.74, 6) is 0.547. The van der Waals surface area contributed by atoms with Crippen molar-refractivity contribution in [1.29, 1.82) is 0 Å². The molecule has 0 unspecified atom stereocenters. The average Bonchev–Trinajstić information content (AvgIpc) is 3.23. The lowest BCUT2D eigenvalue weighted by molar-refractivity contribution is 0.416. The molecule has 4 rings (SSSR count). The van der Waals surface area contributed by atoms with E-state index in [0.717, 1.165) is 27.7 Å². The van der Waals surface area contributed by atoms with Gasteiger partial charge in [-0.1, -0.05) is 11.3 Å². The molecule has 2 aromatic carbocycles. The molecule has 0 saturated carbocycles. The molecule has 2 heterocycles. The molecule has 0 aliphatic heterocycles. The molecule has 140 valence electrons. The zero-order valence-electron chi connectivity index (χ0n) is 15.1. The van der Waals surface area contributed by atoms with Crippen LogP contribution >= 0.6 is 11.3 Å². The highest BCUT2D eigenvalue weighted by molar-refractivity contribution is 7.90. The predicted molar refractivity (Wildman–Crippen MR) is 108 cm³/mol. The third kappa shape index (κ3) is 3.24. The number of benzene rings is 2. The highest BCUT2D eigenvalue weighted by Crippen LogP contribution is 2.36. The van der Waals surface area contributed by atoms with E-state index < -0.39 is 9.84 Å². The Morgan fingerprint density at radius 3 is 2.78 bits per heavy atom. The first-order valence-electron chi connectivity index (χ1n) is 8.31. The van der Waals surface area contributed by atoms with Crippen molar-refractivity contribution in [2.45, 2.75) is 18.4 Å². The van der Waals surface area contributed by atoms with E-state index in [1.165, 1.54) is 23.7 Å². The van der Waals surface area contributed by atoms with Gasteiger partial charge in [0.1, 0.15) is 5.75 Å². The summed E-state index contributed by atoms with van der Waals surface area (Å²) in [5, 5.41) is 9.37. The highest BCUT2D eigenvalue weighted by atomic mass is 32.2. The van der Waals surface area contributed by atoms with Crippen LogP contribution in [-0.2, 0) is 16.4 Å². The minimum absolute atomic E-state index is 0.221. The van der Waals surface area contributed by atoms with Crippen molar-refractivity contribution in [3.63, 3.8) is 0 Å². The first-order valence-corrected chi connectivity index (χ1v) is 11.0. The molecule has 4 aromatic rings. The maximum atomic E-state index is 11.9. The number of nitrogens with zero attached hydrogens (tertiary/aromatic N) is 3. The van der Waals surface area contributed by atoms with Gasteiger partial charge in [-0.2, -0.15) is 5.10 Å². The summed E-state index contributed by atoms with van der Waals surface area (Å²) in [4.78, 5) is 4.92. The Labute approximate surface area is 160 Å². The summed E-state index contributed by atoms with van der Waals surface area (Å²) < 4.78 is 32.0. The average molecular weight is 403 g/mol. The van der Waals surface area contributed by atoms with Gasteiger partial charge >= 0.3 is 0 Å². The fourth-order valence-electron chi connectivity index (χ4n) is 2.88. The van der Waals surface area contributed by atoms with Crippen LogP contribution in [0.25, 0.3) is 21.1 Å². The van der Waals surface area contributed by atoms with E-state index in [0.29, 0.717) is 16.6 Å². The van der Waals surface area contributed by atoms with Crippen LogP contribution < -0.4 is 10.1 Å². The van der Waals surface area contributed by atoms with E-state index in [4.69, 9.17) is 9.72 Å². The zero-order chi connectivity index (χ0) is 19.2. The quantitative estimate of drug-likeness (QED) is 0.546. The van der Waals surface area contributed by atoms with E-state index in [1.807, 2.05) is 29.9 Å². The maximum absolute atomic E-state index is 11.9. The minimum Gasteiger partial charge on any atom is -0.495 e. The van der Waals surface area contributed by atoms with Crippen molar-refractivity contribution in [3.8, 4) is 5.75 Å². The summed E-state index contributed by atoms with van der Waals surface area (Å²) in [7, 11) is -1.78. The van der Waals surface area contributed by atoms with Gasteiger partial charge in [0.05, 0.1) is 33.4 Å². The first-order chi connectivity index (χ1) is 12.9. The summed E-state index contributed by atoms with van der Waals surface area (Å²) in [6, 6.07) is 8.70. The molecule has 1 N–H and O–H groups in total. The normalized spacial score (nSPS) is 12.0. The molecular weight excluding hydrogens is 384 g/mol. The van der Waals surface area contributed by atoms with Crippen molar-refractivity contribution in [1.82, 2.24) is 14.8 Å². The SMILES string of the molecule is CCn1cc2c(ccc3sc(Nc4cc(S(C)(=O)=O)ccc4OC)nc32)n1. The number of hydrogen-bond acceptors (Lipinski definition) is 7. The molecule has 0 saturated heterocycles. The summed E-state index contributed by atoms with van der Waals surface area (Å²) in [5.41, 5.74) is 2.33. The maximum Gasteiger partial charge on any atom is 0.188 e. The molecule has 9 heteroatoms. The van der Waals surface area contributed by atoms with Crippen molar-refractivity contribution in [2.75, 3.05) is 18.7 Å². The Bertz CT molecular complexity index is 1260. The van der Waals surface area contributed by atoms with Crippen molar-refractivity contribution < 1.29 is 13.2 Å². The number of thiazole rings is 1. The second kappa shape index (κ2) is 6.50. The Morgan fingerprint density at radius 2 is 2.07 bits per heavy atom. The number of aromatic nitrogens is 3. The van der Waals surface area contributed by atoms with E-state index in [1.54, 1.807) is 19.2 Å². The van der Waals surface area contributed by atoms with E-state index >= 15 is 0 Å². The Kier molecular flexibility index (Phi) is 4.27. The molecule has 7 nitrogen and oxygen atoms in total. The van der Waals surface area contributed by atoms with Gasteiger partial charge in [0, 0.05) is 24.4 Å². The van der Waals surface area contributed by atoms with Gasteiger partial charge in [-0.05, 0) is 37.3 Å². The smallest absolute Gasteiger partial charge is 0.188 e. The van der Waals surface area contributed by atoms with Gasteiger partial charge in [-0.3, -0.25) is 4.68 Å². The second-order valence-electron chi connectivity index (χ2n) is 6.11. The van der Waals surface area contributed by atoms with Crippen molar-refractivity contribution in [2.24, 2.45) is 0 Å². The molecule has 0 spiro atoms. The third-order valence-electron chi connectivity index (χ3n) is 4.26. The van der Waals surface area contributed by atoms with Gasteiger partial charge in [-0.15, -0.1) is 0 Å². The van der Waals surface area contributed by atoms with Crippen LogP contribution in [0.1, 0.15) is 6.92 Å². The number of methoxy groups -OCH3 is 1. The lowest BCUT2D eigenvalue weighted by Gasteiger charge is -2.10. The van der Waals surface area contributed by atoms with E-state index in [-0.39, 0.29) is 4.90 Å². The van der Waals surface area contributed by atoms with Crippen LogP contribution in [0.3, 0.4) is 0 Å². The monoisotopic (exact) mass is 402 g/mol.